The maximum atomic E-state index is 13.3. The second-order valence-electron chi connectivity index (χ2n) is 8.97. The summed E-state index contributed by atoms with van der Waals surface area (Å²) < 4.78 is 0. The molecular weight excluding hydrogens is 360 g/mol. The number of benzene rings is 2. The summed E-state index contributed by atoms with van der Waals surface area (Å²) >= 11 is 0. The van der Waals surface area contributed by atoms with E-state index in [1.165, 1.54) is 0 Å². The molecule has 29 heavy (non-hydrogen) atoms. The van der Waals surface area contributed by atoms with E-state index >= 15 is 0 Å². The van der Waals surface area contributed by atoms with Crippen molar-refractivity contribution in [3.05, 3.63) is 70.3 Å². The minimum atomic E-state index is -0.563. The Labute approximate surface area is 175 Å². The van der Waals surface area contributed by atoms with Gasteiger partial charge in [-0.1, -0.05) is 48.0 Å². The first-order valence-corrected chi connectivity index (χ1v) is 10.2. The molecule has 2 amide bonds. The summed E-state index contributed by atoms with van der Waals surface area (Å²) in [5.74, 6) is -0.182. The van der Waals surface area contributed by atoms with Gasteiger partial charge in [0.25, 0.3) is 0 Å². The summed E-state index contributed by atoms with van der Waals surface area (Å²) in [4.78, 5) is 27.9. The highest BCUT2D eigenvalue weighted by Crippen LogP contribution is 2.18. The van der Waals surface area contributed by atoms with Crippen LogP contribution in [0.4, 0.5) is 0 Å². The molecule has 0 aliphatic carbocycles. The highest BCUT2D eigenvalue weighted by molar-refractivity contribution is 5.88. The van der Waals surface area contributed by atoms with Crippen LogP contribution in [0.3, 0.4) is 0 Å². The van der Waals surface area contributed by atoms with Gasteiger partial charge in [-0.25, -0.2) is 0 Å². The van der Waals surface area contributed by atoms with Crippen LogP contribution < -0.4 is 5.32 Å². The number of rotatable bonds is 6. The van der Waals surface area contributed by atoms with Gasteiger partial charge < -0.3 is 10.2 Å². The fourth-order valence-electron chi connectivity index (χ4n) is 3.28. The maximum absolute atomic E-state index is 13.3. The van der Waals surface area contributed by atoms with Gasteiger partial charge in [0, 0.05) is 12.1 Å². The van der Waals surface area contributed by atoms with Crippen molar-refractivity contribution in [2.75, 3.05) is 0 Å². The molecule has 4 heteroatoms. The van der Waals surface area contributed by atoms with E-state index in [1.54, 1.807) is 11.8 Å². The average Bonchev–Trinajstić information content (AvgIpc) is 2.62. The highest BCUT2D eigenvalue weighted by Gasteiger charge is 2.28. The third-order valence-electron chi connectivity index (χ3n) is 5.11. The zero-order valence-corrected chi connectivity index (χ0v) is 18.8. The first-order valence-electron chi connectivity index (χ1n) is 10.2. The van der Waals surface area contributed by atoms with Crippen LogP contribution in [0.5, 0.6) is 0 Å². The van der Waals surface area contributed by atoms with Gasteiger partial charge in [-0.3, -0.25) is 9.59 Å². The molecule has 0 radical (unpaired) electrons. The largest absolute Gasteiger partial charge is 0.350 e. The monoisotopic (exact) mass is 394 g/mol. The fraction of sp³-hybridized carbons (Fsp3) is 0.440. The second kappa shape index (κ2) is 9.25. The Morgan fingerprint density at radius 3 is 2.21 bits per heavy atom. The van der Waals surface area contributed by atoms with Crippen molar-refractivity contribution in [3.8, 4) is 0 Å². The van der Waals surface area contributed by atoms with E-state index in [9.17, 15) is 9.59 Å². The predicted octanol–water partition coefficient (Wildman–Crippen LogP) is 4.49. The Bertz CT molecular complexity index is 881. The normalized spacial score (nSPS) is 12.4. The number of carbonyl (C=O) groups excluding carboxylic acids is 2. The molecular formula is C25H34N2O2. The van der Waals surface area contributed by atoms with Gasteiger partial charge in [-0.2, -0.15) is 0 Å². The molecule has 0 bridgehead atoms. The number of nitrogens with one attached hydrogen (secondary N) is 1. The van der Waals surface area contributed by atoms with Gasteiger partial charge in [0.05, 0.1) is 6.42 Å². The summed E-state index contributed by atoms with van der Waals surface area (Å²) in [6.45, 7) is 14.1. The molecule has 2 aromatic rings. The predicted molar refractivity (Wildman–Crippen MR) is 119 cm³/mol. The molecule has 0 heterocycles. The van der Waals surface area contributed by atoms with Crippen LogP contribution in [0.15, 0.2) is 42.5 Å². The molecule has 1 atom stereocenters. The van der Waals surface area contributed by atoms with Crippen molar-refractivity contribution in [2.45, 2.75) is 73.0 Å². The smallest absolute Gasteiger partial charge is 0.242 e. The fourth-order valence-corrected chi connectivity index (χ4v) is 3.28. The third-order valence-corrected chi connectivity index (χ3v) is 5.11. The molecule has 0 unspecified atom stereocenters. The van der Waals surface area contributed by atoms with Gasteiger partial charge in [-0.05, 0) is 70.7 Å². The van der Waals surface area contributed by atoms with Crippen LogP contribution in [0.1, 0.15) is 55.5 Å². The van der Waals surface area contributed by atoms with E-state index in [0.717, 1.165) is 27.8 Å². The molecule has 0 fully saturated rings. The van der Waals surface area contributed by atoms with Crippen LogP contribution in [0.25, 0.3) is 0 Å². The molecule has 0 spiro atoms. The SMILES string of the molecule is Cc1ccc(C)c(CC(=O)N(Cc2ccccc2C)[C@@H](C)C(=O)NC(C)(C)C)c1. The van der Waals surface area contributed by atoms with Crippen LogP contribution in [-0.2, 0) is 22.6 Å². The highest BCUT2D eigenvalue weighted by atomic mass is 16.2. The molecule has 0 saturated heterocycles. The van der Waals surface area contributed by atoms with Gasteiger partial charge in [0.15, 0.2) is 0 Å². The quantitative estimate of drug-likeness (QED) is 0.785. The number of amides is 2. The lowest BCUT2D eigenvalue weighted by atomic mass is 10.0. The van der Waals surface area contributed by atoms with Crippen molar-refractivity contribution < 1.29 is 9.59 Å². The summed E-state index contributed by atoms with van der Waals surface area (Å²) in [5.41, 5.74) is 5.04. The Morgan fingerprint density at radius 2 is 1.59 bits per heavy atom. The van der Waals surface area contributed by atoms with Crippen LogP contribution in [-0.4, -0.2) is 28.3 Å². The maximum Gasteiger partial charge on any atom is 0.242 e. The molecule has 156 valence electrons. The number of aryl methyl sites for hydroxylation is 3. The summed E-state index contributed by atoms with van der Waals surface area (Å²) in [6.07, 6.45) is 0.284. The molecule has 2 aromatic carbocycles. The molecule has 0 saturated carbocycles. The lowest BCUT2D eigenvalue weighted by Gasteiger charge is -2.32. The van der Waals surface area contributed by atoms with Gasteiger partial charge in [-0.15, -0.1) is 0 Å². The van der Waals surface area contributed by atoms with E-state index in [-0.39, 0.29) is 23.8 Å². The zero-order chi connectivity index (χ0) is 21.8. The Balaban J connectivity index is 2.32. The lowest BCUT2D eigenvalue weighted by molar-refractivity contribution is -0.140. The molecule has 2 rings (SSSR count). The van der Waals surface area contributed by atoms with Crippen molar-refractivity contribution in [3.63, 3.8) is 0 Å². The number of hydrogen-bond donors (Lipinski definition) is 1. The van der Waals surface area contributed by atoms with E-state index in [0.29, 0.717) is 6.54 Å². The Morgan fingerprint density at radius 1 is 0.966 bits per heavy atom. The molecule has 0 aliphatic heterocycles. The summed E-state index contributed by atoms with van der Waals surface area (Å²) in [7, 11) is 0. The third kappa shape index (κ3) is 6.45. The van der Waals surface area contributed by atoms with Crippen molar-refractivity contribution in [2.24, 2.45) is 0 Å². The number of nitrogens with zero attached hydrogens (tertiary/aromatic N) is 1. The molecule has 1 N–H and O–H groups in total. The standard InChI is InChI=1S/C25H34N2O2/c1-17-12-13-19(3)22(14-17)15-23(28)27(16-21-11-9-8-10-18(21)2)20(4)24(29)26-25(5,6)7/h8-14,20H,15-16H2,1-7H3,(H,26,29)/t20-/m0/s1. The van der Waals surface area contributed by atoms with Crippen molar-refractivity contribution in [1.29, 1.82) is 0 Å². The van der Waals surface area contributed by atoms with Crippen molar-refractivity contribution in [1.82, 2.24) is 10.2 Å². The second-order valence-corrected chi connectivity index (χ2v) is 8.97. The Kier molecular flexibility index (Phi) is 7.23. The average molecular weight is 395 g/mol. The van der Waals surface area contributed by atoms with Crippen LogP contribution >= 0.6 is 0 Å². The van der Waals surface area contributed by atoms with Crippen LogP contribution in [0, 0.1) is 20.8 Å². The van der Waals surface area contributed by atoms with Gasteiger partial charge in [0.2, 0.25) is 11.8 Å². The van der Waals surface area contributed by atoms with Gasteiger partial charge >= 0.3 is 0 Å². The van der Waals surface area contributed by atoms with E-state index in [2.05, 4.69) is 11.4 Å². The molecule has 0 aliphatic rings. The van der Waals surface area contributed by atoms with Crippen molar-refractivity contribution >= 4 is 11.8 Å². The summed E-state index contributed by atoms with van der Waals surface area (Å²) in [6, 6.07) is 13.6. The molecule has 4 nitrogen and oxygen atoms in total. The van der Waals surface area contributed by atoms with E-state index in [4.69, 9.17) is 0 Å². The number of hydrogen-bond acceptors (Lipinski definition) is 2. The van der Waals surface area contributed by atoms with Crippen LogP contribution in [0.2, 0.25) is 0 Å². The molecule has 0 aromatic heterocycles. The Hall–Kier alpha value is -2.62. The van der Waals surface area contributed by atoms with E-state index in [1.807, 2.05) is 77.9 Å². The topological polar surface area (TPSA) is 49.4 Å². The van der Waals surface area contributed by atoms with Gasteiger partial charge in [0.1, 0.15) is 6.04 Å². The summed E-state index contributed by atoms with van der Waals surface area (Å²) in [5, 5.41) is 3.01. The first kappa shape index (κ1) is 22.7. The minimum Gasteiger partial charge on any atom is -0.350 e. The van der Waals surface area contributed by atoms with E-state index < -0.39 is 6.04 Å². The lowest BCUT2D eigenvalue weighted by Crippen LogP contribution is -2.52. The number of carbonyl (C=O) groups is 2. The first-order chi connectivity index (χ1) is 13.5. The zero-order valence-electron chi connectivity index (χ0n) is 18.8. The minimum absolute atomic E-state index is 0.0430.